The van der Waals surface area contributed by atoms with E-state index in [0.717, 1.165) is 51.5 Å². The highest BCUT2D eigenvalue weighted by Gasteiger charge is 2.28. The van der Waals surface area contributed by atoms with Crippen LogP contribution in [-0.4, -0.2) is 45.7 Å². The van der Waals surface area contributed by atoms with Crippen molar-refractivity contribution in [3.05, 3.63) is 60.4 Å². The van der Waals surface area contributed by atoms with Crippen molar-refractivity contribution in [2.45, 2.75) is 45.3 Å². The monoisotopic (exact) mass is 467 g/mol. The van der Waals surface area contributed by atoms with E-state index in [0.29, 0.717) is 18.7 Å². The summed E-state index contributed by atoms with van der Waals surface area (Å²) >= 11 is 0. The highest BCUT2D eigenvalue weighted by Crippen LogP contribution is 2.37. The summed E-state index contributed by atoms with van der Waals surface area (Å²) in [6.45, 7) is 6.88. The van der Waals surface area contributed by atoms with Crippen molar-refractivity contribution in [3.8, 4) is 17.2 Å². The van der Waals surface area contributed by atoms with Crippen LogP contribution in [0.25, 0.3) is 32.8 Å². The summed E-state index contributed by atoms with van der Waals surface area (Å²) in [6, 6.07) is 16.3. The van der Waals surface area contributed by atoms with E-state index in [-0.39, 0.29) is 12.1 Å². The summed E-state index contributed by atoms with van der Waals surface area (Å²) in [5, 5.41) is 16.4. The number of amides is 1. The Labute approximate surface area is 204 Å². The number of benzene rings is 2. The lowest BCUT2D eigenvalue weighted by atomic mass is 9.94. The predicted octanol–water partition coefficient (Wildman–Crippen LogP) is 6.07. The van der Waals surface area contributed by atoms with Crippen LogP contribution in [0.2, 0.25) is 0 Å². The molecule has 1 saturated heterocycles. The van der Waals surface area contributed by atoms with Crippen LogP contribution >= 0.6 is 0 Å². The summed E-state index contributed by atoms with van der Waals surface area (Å²) in [6.07, 6.45) is 5.35. The molecule has 2 aromatic carbocycles. The van der Waals surface area contributed by atoms with Crippen molar-refractivity contribution in [1.29, 1.82) is 5.26 Å². The number of H-pyrrole nitrogens is 1. The third kappa shape index (κ3) is 4.65. The number of hydrogen-bond donors (Lipinski definition) is 2. The highest BCUT2D eigenvalue weighted by molar-refractivity contribution is 6.07. The molecule has 1 aliphatic rings. The maximum Gasteiger partial charge on any atom is 0.410 e. The summed E-state index contributed by atoms with van der Waals surface area (Å²) in [5.74, 6) is 0.727. The Morgan fingerprint density at radius 2 is 2.06 bits per heavy atom. The van der Waals surface area contributed by atoms with E-state index in [4.69, 9.17) is 4.74 Å². The fourth-order valence-electron chi connectivity index (χ4n) is 4.75. The number of carbonyl (C=O) groups is 1. The molecule has 4 aromatic rings. The molecule has 0 saturated carbocycles. The second-order valence-electron chi connectivity index (χ2n) is 10.0. The average molecular weight is 468 g/mol. The maximum absolute atomic E-state index is 12.6. The Balaban J connectivity index is 1.47. The smallest absolute Gasteiger partial charge is 0.410 e. The molecule has 0 aliphatic carbocycles. The number of nitriles is 1. The first kappa shape index (κ1) is 22.7. The number of piperidine rings is 1. The fraction of sp³-hybridized carbons (Fsp3) is 0.321. The number of anilines is 1. The van der Waals surface area contributed by atoms with Crippen molar-refractivity contribution < 1.29 is 9.53 Å². The Hall–Kier alpha value is -4.05. The van der Waals surface area contributed by atoms with E-state index < -0.39 is 5.60 Å². The highest BCUT2D eigenvalue weighted by atomic mass is 16.6. The molecule has 1 fully saturated rings. The van der Waals surface area contributed by atoms with Gasteiger partial charge in [0.1, 0.15) is 11.4 Å². The first-order chi connectivity index (χ1) is 16.8. The molecular formula is C28H29N5O2. The molecule has 178 valence electrons. The third-order valence-electron chi connectivity index (χ3n) is 6.31. The van der Waals surface area contributed by atoms with E-state index in [1.807, 2.05) is 69.6 Å². The van der Waals surface area contributed by atoms with Crippen LogP contribution in [0.1, 0.15) is 39.2 Å². The van der Waals surface area contributed by atoms with E-state index in [2.05, 4.69) is 27.4 Å². The molecule has 1 unspecified atom stereocenters. The standard InChI is InChI=1S/C28H29N5O2/c1-28(2,3)35-27(34)33-12-6-7-20(17-33)32-25-13-22-19(15-31-25)11-10-18(14-29)26(22)23-16-30-24-9-5-4-8-21(23)24/h4-5,8-11,13,15-16,20,30H,6-7,12,17H2,1-3H3,(H,31,32). The van der Waals surface area contributed by atoms with Gasteiger partial charge in [0.15, 0.2) is 0 Å². The minimum Gasteiger partial charge on any atom is -0.444 e. The number of rotatable bonds is 3. The first-order valence-corrected chi connectivity index (χ1v) is 12.0. The number of nitrogens with one attached hydrogen (secondary N) is 2. The van der Waals surface area contributed by atoms with Crippen LogP contribution < -0.4 is 5.32 Å². The van der Waals surface area contributed by atoms with Crippen molar-refractivity contribution in [3.63, 3.8) is 0 Å². The van der Waals surface area contributed by atoms with Gasteiger partial charge in [-0.15, -0.1) is 0 Å². The zero-order valence-electron chi connectivity index (χ0n) is 20.3. The lowest BCUT2D eigenvalue weighted by molar-refractivity contribution is 0.0206. The maximum atomic E-state index is 12.6. The number of ether oxygens (including phenoxy) is 1. The number of hydrogen-bond acceptors (Lipinski definition) is 5. The van der Waals surface area contributed by atoms with Gasteiger partial charge in [0.2, 0.25) is 0 Å². The molecule has 7 heteroatoms. The van der Waals surface area contributed by atoms with Gasteiger partial charge in [0, 0.05) is 58.9 Å². The third-order valence-corrected chi connectivity index (χ3v) is 6.31. The van der Waals surface area contributed by atoms with Crippen molar-refractivity contribution in [1.82, 2.24) is 14.9 Å². The number of fused-ring (bicyclic) bond motifs is 2. The van der Waals surface area contributed by atoms with E-state index in [9.17, 15) is 10.1 Å². The van der Waals surface area contributed by atoms with E-state index in [1.165, 1.54) is 0 Å². The van der Waals surface area contributed by atoms with Gasteiger partial charge in [-0.3, -0.25) is 0 Å². The molecule has 0 spiro atoms. The van der Waals surface area contributed by atoms with E-state index >= 15 is 0 Å². The van der Waals surface area contributed by atoms with Gasteiger partial charge in [-0.05, 0) is 57.2 Å². The van der Waals surface area contributed by atoms with Crippen LogP contribution in [0.3, 0.4) is 0 Å². The van der Waals surface area contributed by atoms with Crippen molar-refractivity contribution >= 4 is 33.6 Å². The SMILES string of the molecule is CC(C)(C)OC(=O)N1CCCC(Nc2cc3c(-c4c[nH]c5ccccc45)c(C#N)ccc3cn2)C1. The molecule has 5 rings (SSSR count). The van der Waals surface area contributed by atoms with Gasteiger partial charge in [-0.2, -0.15) is 5.26 Å². The largest absolute Gasteiger partial charge is 0.444 e. The lowest BCUT2D eigenvalue weighted by Gasteiger charge is -2.34. The van der Waals surface area contributed by atoms with Crippen LogP contribution in [0, 0.1) is 11.3 Å². The lowest BCUT2D eigenvalue weighted by Crippen LogP contribution is -2.47. The Morgan fingerprint density at radius 1 is 1.23 bits per heavy atom. The molecule has 0 radical (unpaired) electrons. The number of carbonyl (C=O) groups excluding carboxylic acids is 1. The second kappa shape index (κ2) is 8.95. The fourth-order valence-corrected chi connectivity index (χ4v) is 4.75. The molecule has 1 aliphatic heterocycles. The molecule has 3 heterocycles. The van der Waals surface area contributed by atoms with Gasteiger partial charge >= 0.3 is 6.09 Å². The summed E-state index contributed by atoms with van der Waals surface area (Å²) < 4.78 is 5.56. The van der Waals surface area contributed by atoms with Gasteiger partial charge in [-0.25, -0.2) is 9.78 Å². The van der Waals surface area contributed by atoms with Crippen LogP contribution in [0.4, 0.5) is 10.6 Å². The van der Waals surface area contributed by atoms with Crippen LogP contribution in [0.5, 0.6) is 0 Å². The molecule has 7 nitrogen and oxygen atoms in total. The first-order valence-electron chi connectivity index (χ1n) is 12.0. The van der Waals surface area contributed by atoms with Crippen LogP contribution in [0.15, 0.2) is 54.9 Å². The molecule has 1 atom stereocenters. The number of aromatic nitrogens is 2. The van der Waals surface area contributed by atoms with Crippen molar-refractivity contribution in [2.75, 3.05) is 18.4 Å². The zero-order valence-corrected chi connectivity index (χ0v) is 20.3. The quantitative estimate of drug-likeness (QED) is 0.382. The second-order valence-corrected chi connectivity index (χ2v) is 10.0. The topological polar surface area (TPSA) is 94.0 Å². The minimum absolute atomic E-state index is 0.0666. The zero-order chi connectivity index (χ0) is 24.6. The number of likely N-dealkylation sites (tertiary alicyclic amines) is 1. The Kier molecular flexibility index (Phi) is 5.81. The molecule has 2 aromatic heterocycles. The minimum atomic E-state index is -0.519. The van der Waals surface area contributed by atoms with Crippen LogP contribution in [-0.2, 0) is 4.74 Å². The Bertz CT molecular complexity index is 1440. The number of para-hydroxylation sites is 1. The van der Waals surface area contributed by atoms with Gasteiger partial charge in [0.05, 0.1) is 11.6 Å². The molecule has 1 amide bonds. The Morgan fingerprint density at radius 3 is 2.86 bits per heavy atom. The van der Waals surface area contributed by atoms with Gasteiger partial charge in [-0.1, -0.05) is 24.3 Å². The average Bonchev–Trinajstić information content (AvgIpc) is 3.26. The molecule has 2 N–H and O–H groups in total. The van der Waals surface area contributed by atoms with Gasteiger partial charge < -0.3 is 19.9 Å². The summed E-state index contributed by atoms with van der Waals surface area (Å²) in [4.78, 5) is 22.3. The van der Waals surface area contributed by atoms with Crippen molar-refractivity contribution in [2.24, 2.45) is 0 Å². The van der Waals surface area contributed by atoms with Gasteiger partial charge in [0.25, 0.3) is 0 Å². The summed E-state index contributed by atoms with van der Waals surface area (Å²) in [7, 11) is 0. The molecular weight excluding hydrogens is 438 g/mol. The summed E-state index contributed by atoms with van der Waals surface area (Å²) in [5.41, 5.74) is 3.02. The predicted molar refractivity (Wildman–Crippen MR) is 138 cm³/mol. The number of aromatic amines is 1. The molecule has 0 bridgehead atoms. The molecule has 35 heavy (non-hydrogen) atoms. The number of pyridine rings is 1. The normalized spacial score (nSPS) is 16.3. The van der Waals surface area contributed by atoms with E-state index in [1.54, 1.807) is 4.90 Å². The number of nitrogens with zero attached hydrogens (tertiary/aromatic N) is 3.